The fourth-order valence-corrected chi connectivity index (χ4v) is 2.37. The molecule has 2 heterocycles. The van der Waals surface area contributed by atoms with E-state index in [4.69, 9.17) is 11.5 Å². The van der Waals surface area contributed by atoms with Crippen LogP contribution in [0.3, 0.4) is 0 Å². The summed E-state index contributed by atoms with van der Waals surface area (Å²) in [4.78, 5) is 12.8. The Morgan fingerprint density at radius 1 is 1.08 bits per heavy atom. The van der Waals surface area contributed by atoms with Gasteiger partial charge >= 0.3 is 0 Å². The van der Waals surface area contributed by atoms with E-state index in [0.29, 0.717) is 17.9 Å². The van der Waals surface area contributed by atoms with Gasteiger partial charge in [0.1, 0.15) is 0 Å². The zero-order valence-corrected chi connectivity index (χ0v) is 13.7. The molecular weight excluding hydrogens is 310 g/mol. The molecule has 3 rings (SSSR count). The summed E-state index contributed by atoms with van der Waals surface area (Å²) in [6.45, 7) is 0.557. The summed E-state index contributed by atoms with van der Waals surface area (Å²) >= 11 is 0. The van der Waals surface area contributed by atoms with Gasteiger partial charge in [-0.2, -0.15) is 0 Å². The van der Waals surface area contributed by atoms with Crippen LogP contribution < -0.4 is 11.5 Å². The quantitative estimate of drug-likeness (QED) is 0.555. The molecule has 0 spiro atoms. The van der Waals surface area contributed by atoms with E-state index in [1.165, 1.54) is 0 Å². The Morgan fingerprint density at radius 2 is 2.00 bits per heavy atom. The van der Waals surface area contributed by atoms with Crippen molar-refractivity contribution in [2.75, 3.05) is 5.73 Å². The van der Waals surface area contributed by atoms with Crippen molar-refractivity contribution in [1.29, 1.82) is 0 Å². The maximum absolute atomic E-state index is 6.18. The largest absolute Gasteiger partial charge is 0.398 e. The first-order valence-corrected chi connectivity index (χ1v) is 7.90. The number of rotatable bonds is 5. The van der Waals surface area contributed by atoms with Crippen molar-refractivity contribution < 1.29 is 0 Å². The minimum atomic E-state index is 0.557. The van der Waals surface area contributed by atoms with Gasteiger partial charge in [-0.1, -0.05) is 18.2 Å². The summed E-state index contributed by atoms with van der Waals surface area (Å²) in [6.07, 6.45) is 8.73. The van der Waals surface area contributed by atoms with Crippen LogP contribution in [0.2, 0.25) is 0 Å². The van der Waals surface area contributed by atoms with E-state index in [1.807, 2.05) is 48.5 Å². The zero-order valence-electron chi connectivity index (χ0n) is 13.7. The highest BCUT2D eigenvalue weighted by Gasteiger charge is 2.06. The first-order valence-electron chi connectivity index (χ1n) is 7.90. The summed E-state index contributed by atoms with van der Waals surface area (Å²) < 4.78 is 0. The van der Waals surface area contributed by atoms with Gasteiger partial charge in [0.15, 0.2) is 0 Å². The monoisotopic (exact) mass is 329 g/mol. The van der Waals surface area contributed by atoms with E-state index in [-0.39, 0.29) is 0 Å². The molecule has 3 aromatic rings. The van der Waals surface area contributed by atoms with Crippen LogP contribution in [0.25, 0.3) is 17.0 Å². The van der Waals surface area contributed by atoms with Gasteiger partial charge in [0.05, 0.1) is 12.2 Å². The zero-order chi connectivity index (χ0) is 17.5. The van der Waals surface area contributed by atoms with Crippen LogP contribution in [0, 0.1) is 0 Å². The van der Waals surface area contributed by atoms with Crippen molar-refractivity contribution in [3.63, 3.8) is 0 Å². The van der Waals surface area contributed by atoms with Crippen molar-refractivity contribution in [2.24, 2.45) is 10.7 Å². The van der Waals surface area contributed by atoms with Crippen LogP contribution in [0.4, 0.5) is 5.69 Å². The molecule has 4 N–H and O–H groups in total. The van der Waals surface area contributed by atoms with Gasteiger partial charge in [-0.3, -0.25) is 15.0 Å². The third-order valence-electron chi connectivity index (χ3n) is 3.68. The molecule has 124 valence electrons. The fraction of sp³-hybridized carbons (Fsp3) is 0.0500. The number of aliphatic imine (C=N–C) groups is 1. The molecule has 0 amide bonds. The summed E-state index contributed by atoms with van der Waals surface area (Å²) in [5.74, 6) is 0. The highest BCUT2D eigenvalue weighted by Crippen LogP contribution is 2.25. The van der Waals surface area contributed by atoms with Gasteiger partial charge in [-0.15, -0.1) is 0 Å². The number of hydrogen-bond acceptors (Lipinski definition) is 5. The Labute approximate surface area is 146 Å². The van der Waals surface area contributed by atoms with Crippen LogP contribution in [-0.2, 0) is 6.54 Å². The molecule has 0 atom stereocenters. The van der Waals surface area contributed by atoms with Crippen LogP contribution in [0.5, 0.6) is 0 Å². The van der Waals surface area contributed by atoms with Gasteiger partial charge in [0.25, 0.3) is 0 Å². The van der Waals surface area contributed by atoms with Crippen LogP contribution in [-0.4, -0.2) is 16.2 Å². The lowest BCUT2D eigenvalue weighted by molar-refractivity contribution is 1.05. The Morgan fingerprint density at radius 3 is 2.76 bits per heavy atom. The van der Waals surface area contributed by atoms with E-state index in [0.717, 1.165) is 22.4 Å². The lowest BCUT2D eigenvalue weighted by Crippen LogP contribution is -2.02. The minimum absolute atomic E-state index is 0.557. The second-order valence-corrected chi connectivity index (χ2v) is 5.49. The Kier molecular flexibility index (Phi) is 5.16. The Bertz CT molecular complexity index is 886. The molecule has 2 aromatic heterocycles. The lowest BCUT2D eigenvalue weighted by atomic mass is 10.0. The smallest absolute Gasteiger partial charge is 0.0702 e. The normalized spacial score (nSPS) is 11.8. The maximum Gasteiger partial charge on any atom is 0.0702 e. The van der Waals surface area contributed by atoms with Crippen LogP contribution >= 0.6 is 0 Å². The van der Waals surface area contributed by atoms with E-state index < -0.39 is 0 Å². The van der Waals surface area contributed by atoms with Gasteiger partial charge in [0.2, 0.25) is 0 Å². The van der Waals surface area contributed by atoms with Crippen molar-refractivity contribution in [1.82, 2.24) is 9.97 Å². The highest BCUT2D eigenvalue weighted by atomic mass is 14.7. The summed E-state index contributed by atoms with van der Waals surface area (Å²) in [7, 11) is 0. The number of aromatic nitrogens is 2. The number of pyridine rings is 2. The molecular formula is C20H19N5. The highest BCUT2D eigenvalue weighted by molar-refractivity contribution is 5.87. The molecule has 25 heavy (non-hydrogen) atoms. The maximum atomic E-state index is 6.18. The molecule has 0 saturated heterocycles. The molecule has 5 nitrogen and oxygen atoms in total. The SMILES string of the molecule is N/C(=C\C=NCc1cccnc1)c1cc(-c2ccccn2)ccc1N. The summed E-state index contributed by atoms with van der Waals surface area (Å²) in [6, 6.07) is 15.4. The average molecular weight is 329 g/mol. The number of nitrogen functional groups attached to an aromatic ring is 1. The molecule has 5 heteroatoms. The lowest BCUT2D eigenvalue weighted by Gasteiger charge is -2.08. The molecule has 1 aromatic carbocycles. The molecule has 0 aliphatic rings. The first-order chi connectivity index (χ1) is 12.2. The van der Waals surface area contributed by atoms with Crippen molar-refractivity contribution in [2.45, 2.75) is 6.54 Å². The number of hydrogen-bond donors (Lipinski definition) is 2. The van der Waals surface area contributed by atoms with E-state index in [1.54, 1.807) is 30.9 Å². The fourth-order valence-electron chi connectivity index (χ4n) is 2.37. The first kappa shape index (κ1) is 16.4. The number of anilines is 1. The second kappa shape index (κ2) is 7.88. The molecule has 0 aliphatic heterocycles. The van der Waals surface area contributed by atoms with Crippen molar-refractivity contribution in [3.8, 4) is 11.3 Å². The number of nitrogens with two attached hydrogens (primary N) is 2. The minimum Gasteiger partial charge on any atom is -0.398 e. The van der Waals surface area contributed by atoms with Crippen molar-refractivity contribution >= 4 is 17.6 Å². The molecule has 0 radical (unpaired) electrons. The predicted molar refractivity (Wildman–Crippen MR) is 103 cm³/mol. The van der Waals surface area contributed by atoms with Crippen LogP contribution in [0.1, 0.15) is 11.1 Å². The van der Waals surface area contributed by atoms with Gasteiger partial charge in [-0.25, -0.2) is 0 Å². The summed E-state index contributed by atoms with van der Waals surface area (Å²) in [5, 5.41) is 0. The average Bonchev–Trinajstić information content (AvgIpc) is 2.67. The van der Waals surface area contributed by atoms with E-state index in [2.05, 4.69) is 15.0 Å². The second-order valence-electron chi connectivity index (χ2n) is 5.49. The topological polar surface area (TPSA) is 90.2 Å². The Balaban J connectivity index is 1.78. The third-order valence-corrected chi connectivity index (χ3v) is 3.68. The number of benzene rings is 1. The number of nitrogens with zero attached hydrogens (tertiary/aromatic N) is 3. The third kappa shape index (κ3) is 4.29. The van der Waals surface area contributed by atoms with Gasteiger partial charge < -0.3 is 11.5 Å². The van der Waals surface area contributed by atoms with E-state index in [9.17, 15) is 0 Å². The molecule has 0 fully saturated rings. The number of allylic oxidation sites excluding steroid dienone is 1. The van der Waals surface area contributed by atoms with Gasteiger partial charge in [0, 0.05) is 47.3 Å². The summed E-state index contributed by atoms with van der Waals surface area (Å²) in [5.41, 5.74) is 17.1. The predicted octanol–water partition coefficient (Wildman–Crippen LogP) is 3.30. The van der Waals surface area contributed by atoms with E-state index >= 15 is 0 Å². The molecule has 0 unspecified atom stereocenters. The molecule has 0 bridgehead atoms. The van der Waals surface area contributed by atoms with Crippen LogP contribution in [0.15, 0.2) is 78.2 Å². The van der Waals surface area contributed by atoms with Gasteiger partial charge in [-0.05, 0) is 42.0 Å². The standard InChI is InChI=1S/C20H19N5/c21-18-7-6-16(20-5-1-2-10-25-20)12-17(18)19(22)8-11-24-14-15-4-3-9-23-13-15/h1-13H,14,21-22H2/b19-8-,24-11?. The molecule has 0 aliphatic carbocycles. The van der Waals surface area contributed by atoms with Crippen molar-refractivity contribution in [3.05, 3.63) is 84.3 Å². The molecule has 0 saturated carbocycles. The Hall–Kier alpha value is -3.47.